The monoisotopic (exact) mass is 556 g/mol. The van der Waals surface area contributed by atoms with Crippen LogP contribution >= 0.6 is 0 Å². The maximum absolute atomic E-state index is 15.3. The molecule has 0 radical (unpaired) electrons. The Morgan fingerprint density at radius 1 is 1.20 bits per heavy atom. The molecule has 218 valence electrons. The van der Waals surface area contributed by atoms with Gasteiger partial charge in [0.15, 0.2) is 24.1 Å². The van der Waals surface area contributed by atoms with E-state index < -0.39 is 17.5 Å². The molecule has 40 heavy (non-hydrogen) atoms. The molecule has 3 atom stereocenters. The number of rotatable bonds is 8. The summed E-state index contributed by atoms with van der Waals surface area (Å²) in [4.78, 5) is 30.0. The van der Waals surface area contributed by atoms with Crippen molar-refractivity contribution in [3.8, 4) is 11.5 Å². The van der Waals surface area contributed by atoms with Crippen LogP contribution in [0.1, 0.15) is 57.4 Å². The number of likely N-dealkylation sites (tertiary alicyclic amines) is 2. The molecule has 3 heterocycles. The lowest BCUT2D eigenvalue weighted by atomic mass is 9.71. The molecule has 1 aromatic rings. The van der Waals surface area contributed by atoms with Gasteiger partial charge in [-0.15, -0.1) is 6.58 Å². The Morgan fingerprint density at radius 3 is 2.65 bits per heavy atom. The summed E-state index contributed by atoms with van der Waals surface area (Å²) in [5.41, 5.74) is -0.454. The van der Waals surface area contributed by atoms with Crippen LogP contribution in [0.3, 0.4) is 0 Å². The van der Waals surface area contributed by atoms with Gasteiger partial charge in [-0.1, -0.05) is 19.4 Å². The minimum Gasteiger partial charge on any atom is -0.493 e. The number of amides is 1. The number of hydrogen-bond acceptors (Lipinski definition) is 7. The molecule has 3 saturated heterocycles. The van der Waals surface area contributed by atoms with Crippen LogP contribution in [-0.4, -0.2) is 73.4 Å². The molecule has 1 aromatic carbocycles. The first-order valence-corrected chi connectivity index (χ1v) is 14.6. The number of carbonyl (C=O) groups excluding carboxylic acids is 2. The second-order valence-corrected chi connectivity index (χ2v) is 11.5. The van der Waals surface area contributed by atoms with Crippen LogP contribution < -0.4 is 9.47 Å². The second kappa shape index (κ2) is 12.3. The first-order valence-electron chi connectivity index (χ1n) is 14.6. The molecule has 0 spiro atoms. The molecule has 1 amide bonds. The summed E-state index contributed by atoms with van der Waals surface area (Å²) in [6, 6.07) is 3.33. The molecule has 5 rings (SSSR count). The smallest absolute Gasteiger partial charge is 0.415 e. The number of halogens is 1. The Hall–Kier alpha value is -2.91. The van der Waals surface area contributed by atoms with E-state index in [4.69, 9.17) is 18.9 Å². The van der Waals surface area contributed by atoms with E-state index in [1.807, 2.05) is 6.92 Å². The van der Waals surface area contributed by atoms with Gasteiger partial charge in [-0.2, -0.15) is 0 Å². The van der Waals surface area contributed by atoms with Crippen LogP contribution in [0.15, 0.2) is 36.6 Å². The average Bonchev–Trinajstić information content (AvgIpc) is 3.39. The van der Waals surface area contributed by atoms with Crippen LogP contribution in [-0.2, 0) is 20.7 Å². The van der Waals surface area contributed by atoms with Crippen molar-refractivity contribution in [2.24, 2.45) is 11.8 Å². The summed E-state index contributed by atoms with van der Waals surface area (Å²) >= 11 is 0. The van der Waals surface area contributed by atoms with Gasteiger partial charge < -0.3 is 28.7 Å². The highest BCUT2D eigenvalue weighted by atomic mass is 19.1. The minimum absolute atomic E-state index is 0.00647. The van der Waals surface area contributed by atoms with E-state index in [1.54, 1.807) is 17.0 Å². The van der Waals surface area contributed by atoms with E-state index in [0.29, 0.717) is 43.3 Å². The van der Waals surface area contributed by atoms with Gasteiger partial charge in [0.25, 0.3) is 0 Å². The fourth-order valence-electron chi connectivity index (χ4n) is 6.74. The van der Waals surface area contributed by atoms with Gasteiger partial charge in [0.1, 0.15) is 17.2 Å². The number of allylic oxidation sites excluding steroid dienone is 2. The fraction of sp³-hybridized carbons (Fsp3) is 0.613. The SMILES string of the molecule is C=CC[C@H]1C[C@]2(C(C)Cc3cc(OC(=O)N4CCC(N5CCCCC5)CC4)c(OC)cc3F)OCOC2=CC1=O. The van der Waals surface area contributed by atoms with Gasteiger partial charge in [-0.3, -0.25) is 4.79 Å². The number of carbonyl (C=O) groups is 2. The third-order valence-electron chi connectivity index (χ3n) is 9.11. The quantitative estimate of drug-likeness (QED) is 0.405. The van der Waals surface area contributed by atoms with Crippen molar-refractivity contribution in [2.45, 2.75) is 69.9 Å². The first kappa shape index (κ1) is 28.6. The largest absolute Gasteiger partial charge is 0.493 e. The summed E-state index contributed by atoms with van der Waals surface area (Å²) < 4.78 is 38.2. The molecule has 1 unspecified atom stereocenters. The number of benzene rings is 1. The lowest BCUT2D eigenvalue weighted by Crippen LogP contribution is -2.48. The Kier molecular flexibility index (Phi) is 8.80. The third-order valence-corrected chi connectivity index (χ3v) is 9.11. The summed E-state index contributed by atoms with van der Waals surface area (Å²) in [5.74, 6) is -0.0925. The van der Waals surface area contributed by atoms with Crippen molar-refractivity contribution in [3.63, 3.8) is 0 Å². The number of hydrogen-bond donors (Lipinski definition) is 0. The van der Waals surface area contributed by atoms with Crippen LogP contribution in [0.2, 0.25) is 0 Å². The summed E-state index contributed by atoms with van der Waals surface area (Å²) in [6.45, 7) is 9.34. The Balaban J connectivity index is 1.28. The molecule has 1 aliphatic carbocycles. The Morgan fingerprint density at radius 2 is 1.95 bits per heavy atom. The van der Waals surface area contributed by atoms with Crippen molar-refractivity contribution in [2.75, 3.05) is 40.1 Å². The van der Waals surface area contributed by atoms with Gasteiger partial charge in [0, 0.05) is 37.2 Å². The normalized spacial score (nSPS) is 26.5. The minimum atomic E-state index is -0.830. The molecule has 4 aliphatic rings. The number of methoxy groups -OCH3 is 1. The standard InChI is InChI=1S/C31H41FN2O6/c1-4-8-22-19-31(29(18-26(22)35)38-20-39-31)21(2)15-23-16-28(27(37-3)17-25(23)32)40-30(36)34-13-9-24(10-14-34)33-11-6-5-7-12-33/h4,16-18,21-22,24H,1,5-15,19-20H2,2-3H3/t21?,22-,31+/m0/s1. The molecule has 3 aliphatic heterocycles. The van der Waals surface area contributed by atoms with Crippen LogP contribution in [0, 0.1) is 17.7 Å². The molecule has 0 bridgehead atoms. The van der Waals surface area contributed by atoms with E-state index in [0.717, 1.165) is 25.9 Å². The number of piperidine rings is 2. The van der Waals surface area contributed by atoms with Crippen molar-refractivity contribution in [1.29, 1.82) is 0 Å². The number of ether oxygens (including phenoxy) is 4. The van der Waals surface area contributed by atoms with Gasteiger partial charge in [-0.05, 0) is 75.6 Å². The highest BCUT2D eigenvalue weighted by Gasteiger charge is 2.51. The molecule has 0 saturated carbocycles. The lowest BCUT2D eigenvalue weighted by molar-refractivity contribution is -0.123. The maximum atomic E-state index is 15.3. The Labute approximate surface area is 236 Å². The topological polar surface area (TPSA) is 77.5 Å². The second-order valence-electron chi connectivity index (χ2n) is 11.5. The van der Waals surface area contributed by atoms with Crippen LogP contribution in [0.5, 0.6) is 11.5 Å². The zero-order valence-corrected chi connectivity index (χ0v) is 23.7. The molecule has 9 heteroatoms. The highest BCUT2D eigenvalue weighted by Crippen LogP contribution is 2.47. The van der Waals surface area contributed by atoms with Crippen molar-refractivity contribution >= 4 is 11.9 Å². The average molecular weight is 557 g/mol. The molecular formula is C31H41FN2O6. The van der Waals surface area contributed by atoms with Gasteiger partial charge in [-0.25, -0.2) is 9.18 Å². The summed E-state index contributed by atoms with van der Waals surface area (Å²) in [7, 11) is 1.43. The van der Waals surface area contributed by atoms with Crippen molar-refractivity contribution in [3.05, 3.63) is 48.0 Å². The summed E-state index contributed by atoms with van der Waals surface area (Å²) in [5, 5.41) is 0. The molecule has 0 aromatic heterocycles. The van der Waals surface area contributed by atoms with E-state index in [9.17, 15) is 9.59 Å². The predicted octanol–water partition coefficient (Wildman–Crippen LogP) is 5.25. The number of ketones is 1. The zero-order chi connectivity index (χ0) is 28.3. The molecular weight excluding hydrogens is 515 g/mol. The summed E-state index contributed by atoms with van der Waals surface area (Å²) in [6.07, 6.45) is 9.72. The highest BCUT2D eigenvalue weighted by molar-refractivity contribution is 5.93. The molecule has 3 fully saturated rings. The van der Waals surface area contributed by atoms with Crippen molar-refractivity contribution < 1.29 is 32.9 Å². The van der Waals surface area contributed by atoms with E-state index in [1.165, 1.54) is 38.5 Å². The van der Waals surface area contributed by atoms with Crippen molar-refractivity contribution in [1.82, 2.24) is 9.80 Å². The van der Waals surface area contributed by atoms with Gasteiger partial charge in [0.2, 0.25) is 0 Å². The fourth-order valence-corrected chi connectivity index (χ4v) is 6.74. The molecule has 8 nitrogen and oxygen atoms in total. The zero-order valence-electron chi connectivity index (χ0n) is 23.7. The Bertz CT molecular complexity index is 1140. The first-order chi connectivity index (χ1) is 19.3. The van der Waals surface area contributed by atoms with Gasteiger partial charge >= 0.3 is 6.09 Å². The number of fused-ring (bicyclic) bond motifs is 1. The van der Waals surface area contributed by atoms with Crippen LogP contribution in [0.25, 0.3) is 0 Å². The van der Waals surface area contributed by atoms with Gasteiger partial charge in [0.05, 0.1) is 7.11 Å². The maximum Gasteiger partial charge on any atom is 0.415 e. The van der Waals surface area contributed by atoms with E-state index in [2.05, 4.69) is 11.5 Å². The molecule has 0 N–H and O–H groups in total. The lowest BCUT2D eigenvalue weighted by Gasteiger charge is -2.39. The number of nitrogens with zero attached hydrogens (tertiary/aromatic N) is 2. The van der Waals surface area contributed by atoms with Crippen LogP contribution in [0.4, 0.5) is 9.18 Å². The predicted molar refractivity (Wildman–Crippen MR) is 148 cm³/mol. The van der Waals surface area contributed by atoms with E-state index in [-0.39, 0.29) is 42.3 Å². The van der Waals surface area contributed by atoms with E-state index >= 15 is 4.39 Å². The third kappa shape index (κ3) is 5.77.